The van der Waals surface area contributed by atoms with Gasteiger partial charge in [-0.1, -0.05) is 58.4 Å². The highest BCUT2D eigenvalue weighted by Gasteiger charge is 2.35. The van der Waals surface area contributed by atoms with Gasteiger partial charge in [0.05, 0.1) is 24.0 Å². The number of fused-ring (bicyclic) bond motifs is 3. The number of halogens is 2. The molecule has 2 aliphatic rings. The molecule has 1 saturated carbocycles. The number of benzene rings is 2. The first kappa shape index (κ1) is 25.2. The topological polar surface area (TPSA) is 100 Å². The van der Waals surface area contributed by atoms with Crippen molar-refractivity contribution >= 4 is 27.4 Å². The molecule has 1 fully saturated rings. The first-order valence-corrected chi connectivity index (χ1v) is 13.7. The van der Waals surface area contributed by atoms with E-state index in [1.165, 1.54) is 12.3 Å². The zero-order valence-electron chi connectivity index (χ0n) is 21.2. The Kier molecular flexibility index (Phi) is 6.64. The Labute approximate surface area is 232 Å². The minimum Gasteiger partial charge on any atom is -0.355 e. The standard InChI is InChI=1S/C29H27BrFN7O/c1-37-28(39)24(26(32)38-23-9-5-8-22(23)35-29(37)38)27(34-20-6-3-2-4-7-20)36-25(30)18-12-10-17(11-13-18)21-15-14-19(31)16-33-21/h2-4,6-7,10-16,22-23,25,32,34,36H,5,8-9H2,1H3/b27-24+,32-26?. The molecule has 39 heavy (non-hydrogen) atoms. The van der Waals surface area contributed by atoms with E-state index in [-0.39, 0.29) is 39.1 Å². The van der Waals surface area contributed by atoms with Crippen molar-refractivity contribution in [2.24, 2.45) is 12.0 Å². The molecule has 0 amide bonds. The summed E-state index contributed by atoms with van der Waals surface area (Å²) in [5.41, 5.74) is 3.63. The van der Waals surface area contributed by atoms with Crippen LogP contribution in [-0.2, 0) is 7.05 Å². The van der Waals surface area contributed by atoms with E-state index in [9.17, 15) is 9.18 Å². The Morgan fingerprint density at radius 3 is 2.59 bits per heavy atom. The monoisotopic (exact) mass is 587 g/mol. The quantitative estimate of drug-likeness (QED) is 0.237. The summed E-state index contributed by atoms with van der Waals surface area (Å²) in [6.07, 6.45) is 4.18. The highest BCUT2D eigenvalue weighted by Crippen LogP contribution is 2.32. The number of hydrogen-bond acceptors (Lipinski definition) is 6. The SMILES string of the molecule is Cn1c(=O)/c(=C(\Nc2ccccc2)NC(Br)c2ccc(-c3ccc(F)cn3)cc2)c(=N)n2c1=NC1CCCC12. The normalized spacial score (nSPS) is 19.1. The lowest BCUT2D eigenvalue weighted by Gasteiger charge is -2.20. The van der Waals surface area contributed by atoms with Crippen LogP contribution in [-0.4, -0.2) is 20.2 Å². The zero-order chi connectivity index (χ0) is 27.1. The summed E-state index contributed by atoms with van der Waals surface area (Å²) in [7, 11) is 1.72. The van der Waals surface area contributed by atoms with Crippen molar-refractivity contribution in [1.29, 1.82) is 5.41 Å². The van der Waals surface area contributed by atoms with E-state index in [0.29, 0.717) is 17.1 Å². The maximum atomic E-state index is 13.7. The second-order valence-corrected chi connectivity index (χ2v) is 10.7. The van der Waals surface area contributed by atoms with Crippen molar-refractivity contribution < 1.29 is 4.39 Å². The summed E-state index contributed by atoms with van der Waals surface area (Å²) < 4.78 is 16.7. The predicted octanol–water partition coefficient (Wildman–Crippen LogP) is 3.46. The molecule has 1 aliphatic heterocycles. The van der Waals surface area contributed by atoms with E-state index in [0.717, 1.165) is 36.1 Å². The van der Waals surface area contributed by atoms with Gasteiger partial charge in [-0.25, -0.2) is 9.38 Å². The molecule has 0 radical (unpaired) electrons. The van der Waals surface area contributed by atoms with Gasteiger partial charge in [-0.3, -0.25) is 24.3 Å². The van der Waals surface area contributed by atoms with Crippen LogP contribution in [0.3, 0.4) is 0 Å². The van der Waals surface area contributed by atoms with Gasteiger partial charge in [-0.2, -0.15) is 0 Å². The maximum absolute atomic E-state index is 13.7. The molecule has 1 aliphatic carbocycles. The van der Waals surface area contributed by atoms with Crippen molar-refractivity contribution in [2.75, 3.05) is 5.32 Å². The summed E-state index contributed by atoms with van der Waals surface area (Å²) in [4.78, 5) is 22.2. The van der Waals surface area contributed by atoms with Crippen LogP contribution in [0.25, 0.3) is 17.1 Å². The second kappa shape index (κ2) is 10.3. The van der Waals surface area contributed by atoms with Gasteiger partial charge in [-0.05, 0) is 49.1 Å². The van der Waals surface area contributed by atoms with Crippen LogP contribution >= 0.6 is 15.9 Å². The Hall–Kier alpha value is -4.05. The lowest BCUT2D eigenvalue weighted by atomic mass is 10.1. The maximum Gasteiger partial charge on any atom is 0.267 e. The van der Waals surface area contributed by atoms with Gasteiger partial charge >= 0.3 is 0 Å². The van der Waals surface area contributed by atoms with Crippen LogP contribution in [0.2, 0.25) is 0 Å². The summed E-state index contributed by atoms with van der Waals surface area (Å²) in [5, 5.41) is 16.1. The van der Waals surface area contributed by atoms with Crippen molar-refractivity contribution in [3.05, 3.63) is 111 Å². The number of nitrogens with zero attached hydrogens (tertiary/aromatic N) is 4. The fourth-order valence-electron chi connectivity index (χ4n) is 5.37. The number of pyridine rings is 1. The van der Waals surface area contributed by atoms with Gasteiger partial charge in [0.2, 0.25) is 5.62 Å². The molecular weight excluding hydrogens is 561 g/mol. The smallest absolute Gasteiger partial charge is 0.267 e. The minimum absolute atomic E-state index is 0.100. The number of rotatable bonds is 6. The zero-order valence-corrected chi connectivity index (χ0v) is 22.8. The van der Waals surface area contributed by atoms with Gasteiger partial charge in [0, 0.05) is 18.3 Å². The third-order valence-corrected chi connectivity index (χ3v) is 8.12. The van der Waals surface area contributed by atoms with Crippen LogP contribution in [0.15, 0.2) is 82.7 Å². The molecule has 0 spiro atoms. The number of nitrogens with one attached hydrogen (secondary N) is 3. The van der Waals surface area contributed by atoms with E-state index >= 15 is 0 Å². The molecular formula is C29H27BrFN7O. The van der Waals surface area contributed by atoms with E-state index in [1.54, 1.807) is 17.7 Å². The molecule has 198 valence electrons. The molecule has 3 unspecified atom stereocenters. The molecule has 6 rings (SSSR count). The highest BCUT2D eigenvalue weighted by atomic mass is 79.9. The number of anilines is 1. The average Bonchev–Trinajstić information content (AvgIpc) is 3.55. The lowest BCUT2D eigenvalue weighted by molar-refractivity contribution is 0.465. The molecule has 10 heteroatoms. The molecule has 0 saturated heterocycles. The Bertz CT molecular complexity index is 1770. The van der Waals surface area contributed by atoms with Crippen LogP contribution in [0.1, 0.15) is 35.8 Å². The molecule has 3 N–H and O–H groups in total. The van der Waals surface area contributed by atoms with E-state index in [1.807, 2.05) is 59.2 Å². The fourth-order valence-corrected chi connectivity index (χ4v) is 5.90. The number of para-hydroxylation sites is 1. The molecule has 3 atom stereocenters. The van der Waals surface area contributed by atoms with Gasteiger partial charge < -0.3 is 10.6 Å². The van der Waals surface area contributed by atoms with Crippen molar-refractivity contribution in [2.45, 2.75) is 36.3 Å². The molecule has 4 aromatic rings. The van der Waals surface area contributed by atoms with Crippen molar-refractivity contribution in [1.82, 2.24) is 19.4 Å². The predicted molar refractivity (Wildman–Crippen MR) is 151 cm³/mol. The third-order valence-electron chi connectivity index (χ3n) is 7.36. The Morgan fingerprint density at radius 1 is 1.10 bits per heavy atom. The second-order valence-electron chi connectivity index (χ2n) is 9.81. The molecule has 2 aromatic carbocycles. The van der Waals surface area contributed by atoms with Gasteiger partial charge in [0.1, 0.15) is 27.3 Å². The van der Waals surface area contributed by atoms with Crippen molar-refractivity contribution in [3.63, 3.8) is 0 Å². The Morgan fingerprint density at radius 2 is 1.87 bits per heavy atom. The summed E-state index contributed by atoms with van der Waals surface area (Å²) in [6.45, 7) is 0. The number of hydrogen-bond donors (Lipinski definition) is 3. The lowest BCUT2D eigenvalue weighted by Crippen LogP contribution is -2.59. The van der Waals surface area contributed by atoms with Crippen LogP contribution < -0.4 is 32.5 Å². The first-order valence-electron chi connectivity index (χ1n) is 12.8. The van der Waals surface area contributed by atoms with Gasteiger partial charge in [0.25, 0.3) is 5.56 Å². The van der Waals surface area contributed by atoms with Gasteiger partial charge in [-0.15, -0.1) is 0 Å². The van der Waals surface area contributed by atoms with Crippen LogP contribution in [0.5, 0.6) is 0 Å². The van der Waals surface area contributed by atoms with Gasteiger partial charge in [0.15, 0.2) is 0 Å². The molecule has 3 heterocycles. The summed E-state index contributed by atoms with van der Waals surface area (Å²) >= 11 is 3.73. The highest BCUT2D eigenvalue weighted by molar-refractivity contribution is 9.09. The number of alkyl halides is 1. The Balaban J connectivity index is 1.43. The molecule has 2 aromatic heterocycles. The first-order chi connectivity index (χ1) is 18.9. The number of aromatic nitrogens is 3. The average molecular weight is 588 g/mol. The molecule has 0 bridgehead atoms. The largest absolute Gasteiger partial charge is 0.355 e. The summed E-state index contributed by atoms with van der Waals surface area (Å²) in [6, 6.07) is 20.5. The summed E-state index contributed by atoms with van der Waals surface area (Å²) in [5.74, 6) is 0.0468. The minimum atomic E-state index is -0.384. The van der Waals surface area contributed by atoms with Crippen molar-refractivity contribution in [3.8, 4) is 11.3 Å². The van der Waals surface area contributed by atoms with E-state index < -0.39 is 0 Å². The fraction of sp³-hybridized carbons (Fsp3) is 0.241. The third kappa shape index (κ3) is 4.69. The van der Waals surface area contributed by atoms with Crippen LogP contribution in [0, 0.1) is 11.2 Å². The van der Waals surface area contributed by atoms with E-state index in [4.69, 9.17) is 10.4 Å². The van der Waals surface area contributed by atoms with Crippen LogP contribution in [0.4, 0.5) is 10.1 Å². The van der Waals surface area contributed by atoms with E-state index in [2.05, 4.69) is 31.5 Å². The molecule has 8 nitrogen and oxygen atoms in total.